The third-order valence-corrected chi connectivity index (χ3v) is 5.75. The number of carbonyl (C=O) groups excluding carboxylic acids is 2. The van der Waals surface area contributed by atoms with Crippen molar-refractivity contribution < 1.29 is 14.3 Å². The van der Waals surface area contributed by atoms with Gasteiger partial charge in [-0.25, -0.2) is 4.79 Å². The van der Waals surface area contributed by atoms with Gasteiger partial charge in [0.1, 0.15) is 5.69 Å². The molecule has 0 aliphatic rings. The van der Waals surface area contributed by atoms with Crippen molar-refractivity contribution in [2.24, 2.45) is 12.8 Å². The van der Waals surface area contributed by atoms with Gasteiger partial charge in [0.25, 0.3) is 5.91 Å². The van der Waals surface area contributed by atoms with Crippen LogP contribution in [0.5, 0.6) is 0 Å². The lowest BCUT2D eigenvalue weighted by atomic mass is 10.0. The van der Waals surface area contributed by atoms with Gasteiger partial charge >= 0.3 is 5.97 Å². The Morgan fingerprint density at radius 2 is 1.87 bits per heavy atom. The number of hydrogen-bond acceptors (Lipinski definition) is 4. The lowest BCUT2D eigenvalue weighted by Crippen LogP contribution is -2.31. The molecular formula is C22H23Cl2N3O3. The van der Waals surface area contributed by atoms with Gasteiger partial charge in [0, 0.05) is 18.0 Å². The van der Waals surface area contributed by atoms with Crippen LogP contribution in [0, 0.1) is 0 Å². The molecule has 0 radical (unpaired) electrons. The van der Waals surface area contributed by atoms with Crippen LogP contribution in [0.2, 0.25) is 10.0 Å². The molecule has 3 aromatic rings. The molecule has 0 fully saturated rings. The second-order valence-corrected chi connectivity index (χ2v) is 7.61. The number of amides is 1. The molecule has 6 nitrogen and oxygen atoms in total. The first-order valence-electron chi connectivity index (χ1n) is 9.58. The van der Waals surface area contributed by atoms with E-state index < -0.39 is 0 Å². The number of benzene rings is 2. The van der Waals surface area contributed by atoms with Gasteiger partial charge in [-0.3, -0.25) is 4.79 Å². The van der Waals surface area contributed by atoms with E-state index in [9.17, 15) is 9.59 Å². The number of nitrogens with one attached hydrogen (secondary N) is 1. The first kappa shape index (κ1) is 22.2. The van der Waals surface area contributed by atoms with Crippen molar-refractivity contribution in [2.45, 2.75) is 19.4 Å². The fraction of sp³-hybridized carbons (Fsp3) is 0.273. The van der Waals surface area contributed by atoms with Crippen LogP contribution in [0.3, 0.4) is 0 Å². The Morgan fingerprint density at radius 1 is 1.17 bits per heavy atom. The number of nitrogens with zero attached hydrogens (tertiary/aromatic N) is 1. The number of carbonyl (C=O) groups is 2. The van der Waals surface area contributed by atoms with Crippen molar-refractivity contribution >= 4 is 46.0 Å². The first-order chi connectivity index (χ1) is 14.4. The SMILES string of the molecule is CCOC(=O)c1ccc(C(CCN)NC(=O)c2cc3c(Cl)c(Cl)ccc3n2C)cc1. The molecule has 2 aromatic carbocycles. The predicted octanol–water partition coefficient (Wildman–Crippen LogP) is 4.48. The smallest absolute Gasteiger partial charge is 0.338 e. The van der Waals surface area contributed by atoms with Crippen LogP contribution >= 0.6 is 23.2 Å². The molecule has 0 bridgehead atoms. The largest absolute Gasteiger partial charge is 0.462 e. The summed E-state index contributed by atoms with van der Waals surface area (Å²) in [5.41, 5.74) is 8.34. The number of fused-ring (bicyclic) bond motifs is 1. The van der Waals surface area contributed by atoms with E-state index in [0.717, 1.165) is 11.1 Å². The highest BCUT2D eigenvalue weighted by atomic mass is 35.5. The molecule has 0 saturated heterocycles. The Labute approximate surface area is 184 Å². The van der Waals surface area contributed by atoms with E-state index in [-0.39, 0.29) is 17.9 Å². The molecule has 0 aliphatic heterocycles. The van der Waals surface area contributed by atoms with Crippen molar-refractivity contribution in [3.8, 4) is 0 Å². The van der Waals surface area contributed by atoms with Gasteiger partial charge in [0.05, 0.1) is 28.3 Å². The van der Waals surface area contributed by atoms with E-state index in [0.29, 0.717) is 46.3 Å². The molecule has 0 spiro atoms. The molecule has 1 heterocycles. The minimum Gasteiger partial charge on any atom is -0.462 e. The van der Waals surface area contributed by atoms with Crippen LogP contribution in [0.4, 0.5) is 0 Å². The maximum atomic E-state index is 13.0. The number of nitrogens with two attached hydrogens (primary N) is 1. The van der Waals surface area contributed by atoms with Gasteiger partial charge in [-0.2, -0.15) is 0 Å². The number of ether oxygens (including phenoxy) is 1. The zero-order chi connectivity index (χ0) is 21.8. The summed E-state index contributed by atoms with van der Waals surface area (Å²) in [4.78, 5) is 24.9. The third-order valence-electron chi connectivity index (χ3n) is 4.93. The molecule has 0 saturated carbocycles. The minimum absolute atomic E-state index is 0.256. The zero-order valence-corrected chi connectivity index (χ0v) is 18.3. The van der Waals surface area contributed by atoms with Crippen molar-refractivity contribution in [3.63, 3.8) is 0 Å². The Balaban J connectivity index is 1.86. The van der Waals surface area contributed by atoms with Crippen LogP contribution in [0.15, 0.2) is 42.5 Å². The van der Waals surface area contributed by atoms with Crippen molar-refractivity contribution in [1.29, 1.82) is 0 Å². The van der Waals surface area contributed by atoms with Gasteiger partial charge in [-0.05, 0) is 55.8 Å². The van der Waals surface area contributed by atoms with E-state index in [1.165, 1.54) is 0 Å². The highest BCUT2D eigenvalue weighted by Gasteiger charge is 2.20. The lowest BCUT2D eigenvalue weighted by molar-refractivity contribution is 0.0526. The standard InChI is InChI=1S/C22H23Cl2N3O3/c1-3-30-22(29)14-6-4-13(5-7-14)17(10-11-25)26-21(28)19-12-15-18(27(19)2)9-8-16(23)20(15)24/h4-9,12,17H,3,10-11,25H2,1-2H3,(H,26,28). The van der Waals surface area contributed by atoms with Gasteiger partial charge in [-0.15, -0.1) is 0 Å². The molecule has 1 amide bonds. The summed E-state index contributed by atoms with van der Waals surface area (Å²) in [6.07, 6.45) is 0.543. The number of halogens is 2. The molecule has 1 unspecified atom stereocenters. The molecule has 30 heavy (non-hydrogen) atoms. The van der Waals surface area contributed by atoms with Crippen molar-refractivity contribution in [3.05, 3.63) is 69.3 Å². The van der Waals surface area contributed by atoms with Crippen LogP contribution in [0.25, 0.3) is 10.9 Å². The van der Waals surface area contributed by atoms with E-state index in [2.05, 4.69) is 5.32 Å². The van der Waals surface area contributed by atoms with E-state index >= 15 is 0 Å². The summed E-state index contributed by atoms with van der Waals surface area (Å²) in [5, 5.41) is 4.59. The Morgan fingerprint density at radius 3 is 2.50 bits per heavy atom. The van der Waals surface area contributed by atoms with Gasteiger partial charge in [0.15, 0.2) is 0 Å². The fourth-order valence-electron chi connectivity index (χ4n) is 3.35. The quantitative estimate of drug-likeness (QED) is 0.522. The molecule has 158 valence electrons. The van der Waals surface area contributed by atoms with Crippen molar-refractivity contribution in [1.82, 2.24) is 9.88 Å². The summed E-state index contributed by atoms with van der Waals surface area (Å²) >= 11 is 12.4. The summed E-state index contributed by atoms with van der Waals surface area (Å²) < 4.78 is 6.78. The Hall–Kier alpha value is -2.54. The van der Waals surface area contributed by atoms with Crippen LogP contribution < -0.4 is 11.1 Å². The lowest BCUT2D eigenvalue weighted by Gasteiger charge is -2.19. The van der Waals surface area contributed by atoms with E-state index in [1.807, 2.05) is 6.07 Å². The van der Waals surface area contributed by atoms with Crippen LogP contribution in [-0.4, -0.2) is 29.6 Å². The normalized spacial score (nSPS) is 12.0. The number of aryl methyl sites for hydroxylation is 1. The van der Waals surface area contributed by atoms with Crippen LogP contribution in [0.1, 0.15) is 45.8 Å². The monoisotopic (exact) mass is 447 g/mol. The summed E-state index contributed by atoms with van der Waals surface area (Å²) in [6, 6.07) is 11.9. The highest BCUT2D eigenvalue weighted by Crippen LogP contribution is 2.32. The average Bonchev–Trinajstić information content (AvgIpc) is 3.08. The molecule has 1 atom stereocenters. The second-order valence-electron chi connectivity index (χ2n) is 6.83. The number of aromatic nitrogens is 1. The van der Waals surface area contributed by atoms with Crippen molar-refractivity contribution in [2.75, 3.05) is 13.2 Å². The summed E-state index contributed by atoms with van der Waals surface area (Å²) in [5.74, 6) is -0.636. The average molecular weight is 448 g/mol. The molecule has 0 aliphatic carbocycles. The van der Waals surface area contributed by atoms with E-state index in [4.69, 9.17) is 33.7 Å². The predicted molar refractivity (Wildman–Crippen MR) is 119 cm³/mol. The third kappa shape index (κ3) is 4.46. The van der Waals surface area contributed by atoms with Gasteiger partial charge in [-0.1, -0.05) is 35.3 Å². The van der Waals surface area contributed by atoms with Gasteiger partial charge < -0.3 is 20.4 Å². The maximum absolute atomic E-state index is 13.0. The molecule has 3 N–H and O–H groups in total. The number of rotatable bonds is 7. The van der Waals surface area contributed by atoms with Crippen LogP contribution in [-0.2, 0) is 11.8 Å². The molecular weight excluding hydrogens is 425 g/mol. The highest BCUT2D eigenvalue weighted by molar-refractivity contribution is 6.45. The molecule has 1 aromatic heterocycles. The Kier molecular flexibility index (Phi) is 7.02. The maximum Gasteiger partial charge on any atom is 0.338 e. The Bertz CT molecular complexity index is 1080. The minimum atomic E-state index is -0.380. The summed E-state index contributed by atoms with van der Waals surface area (Å²) in [7, 11) is 1.80. The molecule has 3 rings (SSSR count). The zero-order valence-electron chi connectivity index (χ0n) is 16.7. The van der Waals surface area contributed by atoms with E-state index in [1.54, 1.807) is 54.9 Å². The van der Waals surface area contributed by atoms with Gasteiger partial charge in [0.2, 0.25) is 0 Å². The first-order valence-corrected chi connectivity index (χ1v) is 10.3. The fourth-order valence-corrected chi connectivity index (χ4v) is 3.73. The number of esters is 1. The topological polar surface area (TPSA) is 86.3 Å². The summed E-state index contributed by atoms with van der Waals surface area (Å²) in [6.45, 7) is 2.46. The number of hydrogen-bond donors (Lipinski definition) is 2. The second kappa shape index (κ2) is 9.51. The molecule has 8 heteroatoms.